The van der Waals surface area contributed by atoms with E-state index in [1.165, 1.54) is 70.6 Å². The van der Waals surface area contributed by atoms with E-state index in [2.05, 4.69) is 69.4 Å². The molecule has 0 saturated heterocycles. The number of carbonyl (C=O) groups is 3. The van der Waals surface area contributed by atoms with Crippen molar-refractivity contribution in [3.05, 3.63) is 122 Å². The van der Waals surface area contributed by atoms with Gasteiger partial charge in [-0.05, 0) is 57.8 Å². The Morgan fingerprint density at radius 1 is 0.328 bits per heavy atom. The Balaban J connectivity index is 4.53. The van der Waals surface area contributed by atoms with E-state index in [0.717, 1.165) is 96.3 Å². The van der Waals surface area contributed by atoms with Crippen LogP contribution in [-0.4, -0.2) is 37.2 Å². The molecule has 0 aliphatic heterocycles. The number of carbonyl (C=O) groups excluding carboxylic acids is 3. The second-order valence-electron chi connectivity index (χ2n) is 16.6. The van der Waals surface area contributed by atoms with Gasteiger partial charge in [0.2, 0.25) is 0 Å². The zero-order chi connectivity index (χ0) is 46.5. The Labute approximate surface area is 392 Å². The van der Waals surface area contributed by atoms with Crippen LogP contribution in [-0.2, 0) is 28.6 Å². The van der Waals surface area contributed by atoms with Gasteiger partial charge in [0.15, 0.2) is 6.10 Å². The van der Waals surface area contributed by atoms with E-state index in [1.807, 2.05) is 72.9 Å². The van der Waals surface area contributed by atoms with Gasteiger partial charge >= 0.3 is 17.9 Å². The zero-order valence-electron chi connectivity index (χ0n) is 41.0. The van der Waals surface area contributed by atoms with Crippen molar-refractivity contribution >= 4 is 17.9 Å². The summed E-state index contributed by atoms with van der Waals surface area (Å²) in [5.41, 5.74) is 0. The number of allylic oxidation sites excluding steroid dienone is 20. The van der Waals surface area contributed by atoms with Gasteiger partial charge in [0.25, 0.3) is 0 Å². The van der Waals surface area contributed by atoms with Gasteiger partial charge < -0.3 is 14.2 Å². The number of hydrogen-bond donors (Lipinski definition) is 0. The maximum Gasteiger partial charge on any atom is 0.306 e. The molecule has 0 rings (SSSR count). The SMILES string of the molecule is CC\C=C/C=C\C=C/C=C\C=C\C=C/C=C\CCCCCC(=O)OCC(COC(=O)CCCCCCC\C=C/C=C\C=C/CC)OC(=O)CCCCCCCCCCCCCCCC. The van der Waals surface area contributed by atoms with Crippen LogP contribution in [0.1, 0.15) is 207 Å². The second kappa shape index (κ2) is 51.4. The maximum absolute atomic E-state index is 12.8. The third-order valence-corrected chi connectivity index (χ3v) is 10.5. The Kier molecular flexibility index (Phi) is 48.1. The van der Waals surface area contributed by atoms with Crippen molar-refractivity contribution in [1.29, 1.82) is 0 Å². The molecule has 0 aliphatic carbocycles. The molecule has 6 heteroatoms. The van der Waals surface area contributed by atoms with Gasteiger partial charge in [0.1, 0.15) is 13.2 Å². The van der Waals surface area contributed by atoms with Crippen LogP contribution in [0.15, 0.2) is 122 Å². The number of esters is 3. The number of ether oxygens (including phenoxy) is 3. The second-order valence-corrected chi connectivity index (χ2v) is 16.6. The molecular weight excluding hydrogens is 793 g/mol. The summed E-state index contributed by atoms with van der Waals surface area (Å²) in [5, 5.41) is 0. The van der Waals surface area contributed by atoms with Gasteiger partial charge in [-0.3, -0.25) is 14.4 Å². The van der Waals surface area contributed by atoms with E-state index in [1.54, 1.807) is 0 Å². The van der Waals surface area contributed by atoms with Gasteiger partial charge in [0.05, 0.1) is 0 Å². The van der Waals surface area contributed by atoms with Crippen LogP contribution in [0.4, 0.5) is 0 Å². The molecule has 0 radical (unpaired) electrons. The third kappa shape index (κ3) is 48.8. The molecular formula is C58H92O6. The topological polar surface area (TPSA) is 78.9 Å². The molecule has 0 amide bonds. The van der Waals surface area contributed by atoms with Crippen molar-refractivity contribution in [3.63, 3.8) is 0 Å². The molecule has 1 unspecified atom stereocenters. The molecule has 64 heavy (non-hydrogen) atoms. The van der Waals surface area contributed by atoms with Crippen molar-refractivity contribution in [3.8, 4) is 0 Å². The average molecular weight is 885 g/mol. The minimum atomic E-state index is -0.807. The summed E-state index contributed by atoms with van der Waals surface area (Å²) in [6.07, 6.45) is 70.3. The van der Waals surface area contributed by atoms with E-state index < -0.39 is 6.10 Å². The van der Waals surface area contributed by atoms with Crippen molar-refractivity contribution in [1.82, 2.24) is 0 Å². The third-order valence-electron chi connectivity index (χ3n) is 10.5. The quantitative estimate of drug-likeness (QED) is 0.0262. The summed E-state index contributed by atoms with van der Waals surface area (Å²) in [4.78, 5) is 38.0. The summed E-state index contributed by atoms with van der Waals surface area (Å²) >= 11 is 0. The van der Waals surface area contributed by atoms with Crippen LogP contribution in [0.5, 0.6) is 0 Å². The molecule has 6 nitrogen and oxygen atoms in total. The molecule has 0 aliphatic rings. The highest BCUT2D eigenvalue weighted by molar-refractivity contribution is 5.71. The summed E-state index contributed by atoms with van der Waals surface area (Å²) in [5.74, 6) is -0.975. The fourth-order valence-electron chi connectivity index (χ4n) is 6.66. The van der Waals surface area contributed by atoms with Crippen molar-refractivity contribution in [2.45, 2.75) is 213 Å². The Bertz CT molecular complexity index is 1390. The van der Waals surface area contributed by atoms with Crippen LogP contribution in [0.25, 0.3) is 0 Å². The average Bonchev–Trinajstić information content (AvgIpc) is 3.29. The molecule has 0 bridgehead atoms. The minimum absolute atomic E-state index is 0.106. The summed E-state index contributed by atoms with van der Waals surface area (Å²) in [6.45, 7) is 6.29. The first-order chi connectivity index (χ1) is 31.5. The molecule has 0 spiro atoms. The predicted octanol–water partition coefficient (Wildman–Crippen LogP) is 16.9. The van der Waals surface area contributed by atoms with E-state index in [4.69, 9.17) is 14.2 Å². The highest BCUT2D eigenvalue weighted by atomic mass is 16.6. The van der Waals surface area contributed by atoms with Crippen LogP contribution in [0.2, 0.25) is 0 Å². The van der Waals surface area contributed by atoms with Crippen molar-refractivity contribution in [2.75, 3.05) is 13.2 Å². The van der Waals surface area contributed by atoms with Crippen molar-refractivity contribution in [2.24, 2.45) is 0 Å². The molecule has 0 aromatic carbocycles. The lowest BCUT2D eigenvalue weighted by atomic mass is 10.0. The first-order valence-corrected chi connectivity index (χ1v) is 25.7. The van der Waals surface area contributed by atoms with Gasteiger partial charge in [-0.25, -0.2) is 0 Å². The van der Waals surface area contributed by atoms with Gasteiger partial charge in [0, 0.05) is 19.3 Å². The monoisotopic (exact) mass is 885 g/mol. The molecule has 360 valence electrons. The normalized spacial score (nSPS) is 13.1. The highest BCUT2D eigenvalue weighted by Crippen LogP contribution is 2.15. The number of hydrogen-bond acceptors (Lipinski definition) is 6. The van der Waals surface area contributed by atoms with E-state index in [9.17, 15) is 14.4 Å². The fourth-order valence-corrected chi connectivity index (χ4v) is 6.66. The lowest BCUT2D eigenvalue weighted by Gasteiger charge is -2.18. The lowest BCUT2D eigenvalue weighted by molar-refractivity contribution is -0.167. The van der Waals surface area contributed by atoms with Crippen LogP contribution >= 0.6 is 0 Å². The molecule has 0 aromatic heterocycles. The standard InChI is InChI=1S/C58H92O6/c1-4-7-10-13-16-19-22-25-27-28-29-30-31-34-36-39-42-45-48-51-57(60)63-54-55(53-62-56(59)50-47-44-41-38-35-32-24-21-18-15-12-9-6-3)64-58(61)52-49-46-43-40-37-33-26-23-20-17-14-11-8-5-2/h7,9-10,12-13,15-16,18-19,21-22,24-25,27-31,34,36,55H,4-6,8,11,14,17,20,23,26,32-33,35,37-54H2,1-3H3/b10-7-,12-9-,16-13-,18-15-,22-19-,24-21-,27-25-,29-28+,31-30-,36-34-. The molecule has 0 heterocycles. The molecule has 1 atom stereocenters. The van der Waals surface area contributed by atoms with E-state index in [0.29, 0.717) is 19.3 Å². The number of unbranched alkanes of at least 4 members (excludes halogenated alkanes) is 21. The van der Waals surface area contributed by atoms with Crippen LogP contribution in [0, 0.1) is 0 Å². The highest BCUT2D eigenvalue weighted by Gasteiger charge is 2.19. The number of rotatable bonds is 44. The molecule has 0 fully saturated rings. The fraction of sp³-hybridized carbons (Fsp3) is 0.603. The zero-order valence-corrected chi connectivity index (χ0v) is 41.0. The van der Waals surface area contributed by atoms with Crippen LogP contribution < -0.4 is 0 Å². The Morgan fingerprint density at radius 3 is 0.969 bits per heavy atom. The first-order valence-electron chi connectivity index (χ1n) is 25.7. The van der Waals surface area contributed by atoms with Gasteiger partial charge in [-0.15, -0.1) is 0 Å². The summed E-state index contributed by atoms with van der Waals surface area (Å²) in [6, 6.07) is 0. The summed E-state index contributed by atoms with van der Waals surface area (Å²) in [7, 11) is 0. The van der Waals surface area contributed by atoms with Gasteiger partial charge in [-0.1, -0.05) is 251 Å². The first kappa shape index (κ1) is 59.8. The molecule has 0 aromatic rings. The van der Waals surface area contributed by atoms with Crippen LogP contribution in [0.3, 0.4) is 0 Å². The summed E-state index contributed by atoms with van der Waals surface area (Å²) < 4.78 is 16.7. The maximum atomic E-state index is 12.8. The Hall–Kier alpha value is -4.19. The molecule has 0 saturated carbocycles. The van der Waals surface area contributed by atoms with Crippen molar-refractivity contribution < 1.29 is 28.6 Å². The minimum Gasteiger partial charge on any atom is -0.462 e. The predicted molar refractivity (Wildman–Crippen MR) is 274 cm³/mol. The lowest BCUT2D eigenvalue weighted by Crippen LogP contribution is -2.30. The smallest absolute Gasteiger partial charge is 0.306 e. The molecule has 0 N–H and O–H groups in total. The van der Waals surface area contributed by atoms with E-state index in [-0.39, 0.29) is 31.1 Å². The largest absolute Gasteiger partial charge is 0.462 e. The van der Waals surface area contributed by atoms with Gasteiger partial charge in [-0.2, -0.15) is 0 Å². The van der Waals surface area contributed by atoms with E-state index >= 15 is 0 Å². The Morgan fingerprint density at radius 2 is 0.609 bits per heavy atom.